The van der Waals surface area contributed by atoms with Crippen molar-refractivity contribution < 1.29 is 13.2 Å². The molecule has 0 fully saturated rings. The van der Waals surface area contributed by atoms with Crippen LogP contribution in [-0.4, -0.2) is 0 Å². The molecule has 3 rings (SSSR count). The van der Waals surface area contributed by atoms with Gasteiger partial charge in [-0.05, 0) is 60.7 Å². The quantitative estimate of drug-likeness (QED) is 0.777. The molecule has 1 aliphatic heterocycles. The number of anilines is 1. The van der Waals surface area contributed by atoms with Crippen LogP contribution >= 0.6 is 0 Å². The van der Waals surface area contributed by atoms with Gasteiger partial charge in [0, 0.05) is 5.69 Å². The summed E-state index contributed by atoms with van der Waals surface area (Å²) in [6.45, 7) is 4.09. The molecule has 0 bridgehead atoms. The van der Waals surface area contributed by atoms with E-state index >= 15 is 0 Å². The first-order valence-electron chi connectivity index (χ1n) is 6.88. The fourth-order valence-corrected chi connectivity index (χ4v) is 2.72. The summed E-state index contributed by atoms with van der Waals surface area (Å²) in [6.07, 6.45) is -3.70. The lowest BCUT2D eigenvalue weighted by Gasteiger charge is -2.13. The topological polar surface area (TPSA) is 12.0 Å². The largest absolute Gasteiger partial charge is 0.416 e. The number of halogens is 3. The van der Waals surface area contributed by atoms with Crippen LogP contribution in [0.1, 0.15) is 33.9 Å². The second-order valence-electron chi connectivity index (χ2n) is 5.61. The standard InChI is InChI=1S/C17H16F3N/c1-10-3-4-12(7-11(10)2)16-9-13-8-14(17(18,19)20)5-6-15(13)21-16/h3-8,16,21H,9H2,1-2H3. The van der Waals surface area contributed by atoms with Gasteiger partial charge in [0.25, 0.3) is 0 Å². The molecule has 2 aromatic carbocycles. The van der Waals surface area contributed by atoms with Crippen LogP contribution in [0.15, 0.2) is 36.4 Å². The van der Waals surface area contributed by atoms with Gasteiger partial charge in [-0.3, -0.25) is 0 Å². The molecular formula is C17H16F3N. The normalized spacial score (nSPS) is 17.5. The lowest BCUT2D eigenvalue weighted by atomic mass is 9.98. The summed E-state index contributed by atoms with van der Waals surface area (Å²) in [4.78, 5) is 0. The zero-order valence-electron chi connectivity index (χ0n) is 11.9. The zero-order valence-corrected chi connectivity index (χ0v) is 11.9. The Morgan fingerprint density at radius 1 is 1.00 bits per heavy atom. The molecular weight excluding hydrogens is 275 g/mol. The Bertz CT molecular complexity index is 689. The Hall–Kier alpha value is -1.97. The van der Waals surface area contributed by atoms with Crippen molar-refractivity contribution in [1.29, 1.82) is 0 Å². The molecule has 0 saturated carbocycles. The number of benzene rings is 2. The second kappa shape index (κ2) is 4.79. The first kappa shape index (κ1) is 14.0. The predicted molar refractivity (Wildman–Crippen MR) is 77.4 cm³/mol. The maximum atomic E-state index is 12.8. The van der Waals surface area contributed by atoms with Gasteiger partial charge >= 0.3 is 6.18 Å². The molecule has 0 saturated heterocycles. The third-order valence-electron chi connectivity index (χ3n) is 4.12. The van der Waals surface area contributed by atoms with Crippen LogP contribution in [0.5, 0.6) is 0 Å². The SMILES string of the molecule is Cc1ccc(C2Cc3cc(C(F)(F)F)ccc3N2)cc1C. The first-order valence-corrected chi connectivity index (χ1v) is 6.88. The highest BCUT2D eigenvalue weighted by Gasteiger charge is 2.32. The Labute approximate surface area is 121 Å². The van der Waals surface area contributed by atoms with Gasteiger partial charge in [-0.2, -0.15) is 13.2 Å². The number of nitrogens with one attached hydrogen (secondary N) is 1. The van der Waals surface area contributed by atoms with Crippen molar-refractivity contribution in [3.05, 3.63) is 64.2 Å². The van der Waals surface area contributed by atoms with Crippen molar-refractivity contribution in [1.82, 2.24) is 0 Å². The summed E-state index contributed by atoms with van der Waals surface area (Å²) in [7, 11) is 0. The number of hydrogen-bond acceptors (Lipinski definition) is 1. The van der Waals surface area contributed by atoms with E-state index < -0.39 is 11.7 Å². The van der Waals surface area contributed by atoms with Crippen molar-refractivity contribution in [2.75, 3.05) is 5.32 Å². The van der Waals surface area contributed by atoms with E-state index in [1.165, 1.54) is 23.3 Å². The molecule has 2 aromatic rings. The van der Waals surface area contributed by atoms with Crippen molar-refractivity contribution in [2.24, 2.45) is 0 Å². The molecule has 1 atom stereocenters. The maximum absolute atomic E-state index is 12.8. The molecule has 110 valence electrons. The van der Waals surface area contributed by atoms with Gasteiger partial charge in [0.2, 0.25) is 0 Å². The van der Waals surface area contributed by atoms with Crippen molar-refractivity contribution in [3.63, 3.8) is 0 Å². The molecule has 1 heterocycles. The van der Waals surface area contributed by atoms with Gasteiger partial charge < -0.3 is 5.32 Å². The van der Waals surface area contributed by atoms with E-state index in [0.29, 0.717) is 6.42 Å². The van der Waals surface area contributed by atoms with Crippen LogP contribution in [-0.2, 0) is 12.6 Å². The van der Waals surface area contributed by atoms with Gasteiger partial charge in [-0.1, -0.05) is 18.2 Å². The minimum absolute atomic E-state index is 0.0442. The third-order valence-corrected chi connectivity index (χ3v) is 4.12. The van der Waals surface area contributed by atoms with Crippen molar-refractivity contribution in [2.45, 2.75) is 32.5 Å². The van der Waals surface area contributed by atoms with Crippen LogP contribution < -0.4 is 5.32 Å². The Kier molecular flexibility index (Phi) is 3.19. The van der Waals surface area contributed by atoms with Crippen LogP contribution in [0.3, 0.4) is 0 Å². The molecule has 1 aliphatic rings. The lowest BCUT2D eigenvalue weighted by Crippen LogP contribution is -2.06. The molecule has 4 heteroatoms. The molecule has 1 N–H and O–H groups in total. The van der Waals surface area contributed by atoms with Crippen LogP contribution in [0, 0.1) is 13.8 Å². The van der Waals surface area contributed by atoms with Crippen LogP contribution in [0.4, 0.5) is 18.9 Å². The van der Waals surface area contributed by atoms with E-state index in [1.807, 2.05) is 19.9 Å². The van der Waals surface area contributed by atoms with Gasteiger partial charge in [0.05, 0.1) is 11.6 Å². The average molecular weight is 291 g/mol. The number of alkyl halides is 3. The number of fused-ring (bicyclic) bond motifs is 1. The maximum Gasteiger partial charge on any atom is 0.416 e. The van der Waals surface area contributed by atoms with Gasteiger partial charge in [0.1, 0.15) is 0 Å². The Morgan fingerprint density at radius 3 is 2.43 bits per heavy atom. The fourth-order valence-electron chi connectivity index (χ4n) is 2.72. The summed E-state index contributed by atoms with van der Waals surface area (Å²) in [5.74, 6) is 0. The summed E-state index contributed by atoms with van der Waals surface area (Å²) < 4.78 is 38.3. The lowest BCUT2D eigenvalue weighted by molar-refractivity contribution is -0.137. The van der Waals surface area contributed by atoms with Crippen LogP contribution in [0.2, 0.25) is 0 Å². The third kappa shape index (κ3) is 2.62. The van der Waals surface area contributed by atoms with Crippen molar-refractivity contribution in [3.8, 4) is 0 Å². The van der Waals surface area contributed by atoms with Gasteiger partial charge in [-0.25, -0.2) is 0 Å². The number of aryl methyl sites for hydroxylation is 2. The highest BCUT2D eigenvalue weighted by atomic mass is 19.4. The monoisotopic (exact) mass is 291 g/mol. The molecule has 0 aromatic heterocycles. The molecule has 1 unspecified atom stereocenters. The molecule has 0 amide bonds. The summed E-state index contributed by atoms with van der Waals surface area (Å²) in [5, 5.41) is 3.31. The molecule has 1 nitrogen and oxygen atoms in total. The van der Waals surface area contributed by atoms with Gasteiger partial charge in [0.15, 0.2) is 0 Å². The highest BCUT2D eigenvalue weighted by molar-refractivity contribution is 5.59. The molecule has 0 spiro atoms. The highest BCUT2D eigenvalue weighted by Crippen LogP contribution is 2.38. The summed E-state index contributed by atoms with van der Waals surface area (Å²) in [6, 6.07) is 10.1. The molecule has 0 aliphatic carbocycles. The van der Waals surface area contributed by atoms with E-state index in [9.17, 15) is 13.2 Å². The van der Waals surface area contributed by atoms with E-state index in [4.69, 9.17) is 0 Å². The minimum Gasteiger partial charge on any atom is -0.378 e. The molecule has 21 heavy (non-hydrogen) atoms. The first-order chi connectivity index (χ1) is 9.84. The number of rotatable bonds is 1. The van der Waals surface area contributed by atoms with E-state index in [1.54, 1.807) is 0 Å². The van der Waals surface area contributed by atoms with E-state index in [2.05, 4.69) is 17.4 Å². The van der Waals surface area contributed by atoms with Crippen molar-refractivity contribution >= 4 is 5.69 Å². The van der Waals surface area contributed by atoms with Gasteiger partial charge in [-0.15, -0.1) is 0 Å². The smallest absolute Gasteiger partial charge is 0.378 e. The second-order valence-corrected chi connectivity index (χ2v) is 5.61. The average Bonchev–Trinajstić information content (AvgIpc) is 2.83. The minimum atomic E-state index is -4.28. The van der Waals surface area contributed by atoms with E-state index in [-0.39, 0.29) is 6.04 Å². The summed E-state index contributed by atoms with van der Waals surface area (Å²) >= 11 is 0. The number of hydrogen-bond donors (Lipinski definition) is 1. The predicted octanol–water partition coefficient (Wildman–Crippen LogP) is 5.03. The van der Waals surface area contributed by atoms with E-state index in [0.717, 1.165) is 22.9 Å². The fraction of sp³-hybridized carbons (Fsp3) is 0.294. The van der Waals surface area contributed by atoms with Crippen LogP contribution in [0.25, 0.3) is 0 Å². The Balaban J connectivity index is 1.89. The Morgan fingerprint density at radius 2 is 1.76 bits per heavy atom. The summed E-state index contributed by atoms with van der Waals surface area (Å²) in [5.41, 5.74) is 4.47. The zero-order chi connectivity index (χ0) is 15.2. The molecule has 0 radical (unpaired) electrons.